The summed E-state index contributed by atoms with van der Waals surface area (Å²) in [6, 6.07) is 8.41. The highest BCUT2D eigenvalue weighted by atomic mass is 16.5. The number of nitrogens with zero attached hydrogens (tertiary/aromatic N) is 2. The molecule has 1 aromatic carbocycles. The van der Waals surface area contributed by atoms with Crippen molar-refractivity contribution in [3.05, 3.63) is 42.1 Å². The number of aromatic nitrogens is 1. The molecule has 0 saturated carbocycles. The number of hydrogen-bond donors (Lipinski definition) is 2. The van der Waals surface area contributed by atoms with Gasteiger partial charge in [0.2, 0.25) is 11.6 Å². The van der Waals surface area contributed by atoms with Crippen LogP contribution in [0.3, 0.4) is 0 Å². The maximum atomic E-state index is 8.69. The zero-order valence-corrected chi connectivity index (χ0v) is 11.6. The lowest BCUT2D eigenvalue weighted by Crippen LogP contribution is -2.13. The van der Waals surface area contributed by atoms with Gasteiger partial charge in [0, 0.05) is 17.8 Å². The monoisotopic (exact) mass is 289 g/mol. The van der Waals surface area contributed by atoms with Crippen molar-refractivity contribution >= 4 is 5.84 Å². The van der Waals surface area contributed by atoms with Crippen molar-refractivity contribution in [2.24, 2.45) is 10.9 Å². The molecule has 2 aromatic rings. The number of amidine groups is 1. The Kier molecular flexibility index (Phi) is 4.45. The predicted molar refractivity (Wildman–Crippen MR) is 76.4 cm³/mol. The van der Waals surface area contributed by atoms with Crippen LogP contribution >= 0.6 is 0 Å². The molecular weight excluding hydrogens is 274 g/mol. The number of nitrogens with two attached hydrogens (primary N) is 1. The van der Waals surface area contributed by atoms with Gasteiger partial charge in [0.05, 0.1) is 14.2 Å². The van der Waals surface area contributed by atoms with Crippen molar-refractivity contribution in [3.8, 4) is 23.1 Å². The molecule has 0 bridgehead atoms. The van der Waals surface area contributed by atoms with E-state index in [1.54, 1.807) is 30.3 Å². The largest absolute Gasteiger partial charge is 0.493 e. The van der Waals surface area contributed by atoms with Crippen LogP contribution in [0.2, 0.25) is 0 Å². The van der Waals surface area contributed by atoms with E-state index in [1.807, 2.05) is 0 Å². The van der Waals surface area contributed by atoms with Crippen LogP contribution in [-0.2, 0) is 0 Å². The number of benzene rings is 1. The fourth-order valence-electron chi connectivity index (χ4n) is 1.70. The van der Waals surface area contributed by atoms with E-state index in [1.165, 1.54) is 20.4 Å². The lowest BCUT2D eigenvalue weighted by Gasteiger charge is -2.13. The molecule has 0 spiro atoms. The molecule has 1 aromatic heterocycles. The number of rotatable bonds is 5. The molecule has 0 aliphatic rings. The first-order valence-electron chi connectivity index (χ1n) is 6.02. The van der Waals surface area contributed by atoms with Crippen LogP contribution < -0.4 is 19.9 Å². The molecule has 0 saturated heterocycles. The van der Waals surface area contributed by atoms with E-state index in [9.17, 15) is 0 Å². The Balaban J connectivity index is 2.38. The smallest absolute Gasteiger partial charge is 0.220 e. The highest BCUT2D eigenvalue weighted by Gasteiger charge is 2.13. The Labute approximate surface area is 121 Å². The number of pyridine rings is 1. The Bertz CT molecular complexity index is 636. The molecule has 3 N–H and O–H groups in total. The fraction of sp³-hybridized carbons (Fsp3) is 0.143. The van der Waals surface area contributed by atoms with E-state index in [-0.39, 0.29) is 11.7 Å². The van der Waals surface area contributed by atoms with Crippen LogP contribution in [0.1, 0.15) is 5.56 Å². The van der Waals surface area contributed by atoms with Crippen LogP contribution in [-0.4, -0.2) is 30.2 Å². The SMILES string of the molecule is COc1cccc(OC)c1Oc1cc(/C(N)=N/O)ccn1. The minimum Gasteiger partial charge on any atom is -0.493 e. The third-order valence-corrected chi connectivity index (χ3v) is 2.73. The molecule has 1 heterocycles. The van der Waals surface area contributed by atoms with E-state index in [0.29, 0.717) is 22.8 Å². The number of methoxy groups -OCH3 is 2. The third-order valence-electron chi connectivity index (χ3n) is 2.73. The van der Waals surface area contributed by atoms with Gasteiger partial charge in [-0.25, -0.2) is 4.98 Å². The molecule has 7 nitrogen and oxygen atoms in total. The van der Waals surface area contributed by atoms with Crippen LogP contribution in [0.25, 0.3) is 0 Å². The van der Waals surface area contributed by atoms with Crippen LogP contribution in [0.15, 0.2) is 41.7 Å². The Morgan fingerprint density at radius 1 is 1.19 bits per heavy atom. The summed E-state index contributed by atoms with van der Waals surface area (Å²) in [5.41, 5.74) is 6.02. The normalized spacial score (nSPS) is 11.0. The summed E-state index contributed by atoms with van der Waals surface area (Å²) in [5, 5.41) is 11.6. The highest BCUT2D eigenvalue weighted by molar-refractivity contribution is 5.97. The van der Waals surface area contributed by atoms with Gasteiger partial charge in [0.15, 0.2) is 17.3 Å². The molecular formula is C14H15N3O4. The summed E-state index contributed by atoms with van der Waals surface area (Å²) in [6.07, 6.45) is 1.49. The van der Waals surface area contributed by atoms with Gasteiger partial charge < -0.3 is 25.2 Å². The van der Waals surface area contributed by atoms with Gasteiger partial charge in [0.25, 0.3) is 0 Å². The molecule has 2 rings (SSSR count). The zero-order valence-electron chi connectivity index (χ0n) is 11.6. The summed E-state index contributed by atoms with van der Waals surface area (Å²) in [7, 11) is 3.06. The van der Waals surface area contributed by atoms with E-state index < -0.39 is 0 Å². The Hall–Kier alpha value is -2.96. The van der Waals surface area contributed by atoms with Crippen molar-refractivity contribution < 1.29 is 19.4 Å². The number of oxime groups is 1. The maximum Gasteiger partial charge on any atom is 0.220 e. The molecule has 7 heteroatoms. The third kappa shape index (κ3) is 3.14. The predicted octanol–water partition coefficient (Wildman–Crippen LogP) is 1.99. The molecule has 0 aliphatic heterocycles. The average Bonchev–Trinajstić information content (AvgIpc) is 2.54. The Morgan fingerprint density at radius 2 is 1.86 bits per heavy atom. The van der Waals surface area contributed by atoms with E-state index in [4.69, 9.17) is 25.2 Å². The summed E-state index contributed by atoms with van der Waals surface area (Å²) in [5.74, 6) is 1.64. The number of hydrogen-bond acceptors (Lipinski definition) is 6. The Morgan fingerprint density at radius 3 is 2.43 bits per heavy atom. The van der Waals surface area contributed by atoms with Crippen LogP contribution in [0, 0.1) is 0 Å². The van der Waals surface area contributed by atoms with Crippen molar-refractivity contribution in [3.63, 3.8) is 0 Å². The molecule has 0 atom stereocenters. The molecule has 0 radical (unpaired) electrons. The van der Waals surface area contributed by atoms with E-state index >= 15 is 0 Å². The van der Waals surface area contributed by atoms with Crippen molar-refractivity contribution in [1.82, 2.24) is 4.98 Å². The molecule has 110 valence electrons. The van der Waals surface area contributed by atoms with Crippen molar-refractivity contribution in [1.29, 1.82) is 0 Å². The summed E-state index contributed by atoms with van der Waals surface area (Å²) >= 11 is 0. The second-order valence-electron chi connectivity index (χ2n) is 3.96. The van der Waals surface area contributed by atoms with Gasteiger partial charge >= 0.3 is 0 Å². The fourth-order valence-corrected chi connectivity index (χ4v) is 1.70. The van der Waals surface area contributed by atoms with E-state index in [0.717, 1.165) is 0 Å². The van der Waals surface area contributed by atoms with Gasteiger partial charge in [-0.15, -0.1) is 0 Å². The van der Waals surface area contributed by atoms with Crippen LogP contribution in [0.5, 0.6) is 23.1 Å². The molecule has 21 heavy (non-hydrogen) atoms. The number of para-hydroxylation sites is 1. The maximum absolute atomic E-state index is 8.69. The second kappa shape index (κ2) is 6.47. The summed E-state index contributed by atoms with van der Waals surface area (Å²) in [6.45, 7) is 0. The van der Waals surface area contributed by atoms with Crippen LogP contribution in [0.4, 0.5) is 0 Å². The molecule has 0 fully saturated rings. The standard InChI is InChI=1S/C14H15N3O4/c1-19-10-4-3-5-11(20-2)13(10)21-12-8-9(6-7-16-12)14(15)17-18/h3-8,18H,1-2H3,(H2,15,17). The van der Waals surface area contributed by atoms with E-state index in [2.05, 4.69) is 10.1 Å². The molecule has 0 aliphatic carbocycles. The van der Waals surface area contributed by atoms with Gasteiger partial charge in [-0.05, 0) is 18.2 Å². The van der Waals surface area contributed by atoms with Gasteiger partial charge in [-0.3, -0.25) is 0 Å². The summed E-state index contributed by atoms with van der Waals surface area (Å²) in [4.78, 5) is 4.08. The first-order valence-corrected chi connectivity index (χ1v) is 6.02. The first-order chi connectivity index (χ1) is 10.2. The quantitative estimate of drug-likeness (QED) is 0.378. The average molecular weight is 289 g/mol. The van der Waals surface area contributed by atoms with Gasteiger partial charge in [0.1, 0.15) is 0 Å². The zero-order chi connectivity index (χ0) is 15.2. The first kappa shape index (κ1) is 14.4. The minimum atomic E-state index is -0.0331. The lowest BCUT2D eigenvalue weighted by atomic mass is 10.2. The highest BCUT2D eigenvalue weighted by Crippen LogP contribution is 2.39. The second-order valence-corrected chi connectivity index (χ2v) is 3.96. The number of ether oxygens (including phenoxy) is 3. The lowest BCUT2D eigenvalue weighted by molar-refractivity contribution is 0.318. The van der Waals surface area contributed by atoms with Crippen molar-refractivity contribution in [2.45, 2.75) is 0 Å². The van der Waals surface area contributed by atoms with Gasteiger partial charge in [-0.2, -0.15) is 0 Å². The van der Waals surface area contributed by atoms with Crippen molar-refractivity contribution in [2.75, 3.05) is 14.2 Å². The molecule has 0 amide bonds. The van der Waals surface area contributed by atoms with Gasteiger partial charge in [-0.1, -0.05) is 11.2 Å². The topological polar surface area (TPSA) is 99.2 Å². The molecule has 0 unspecified atom stereocenters. The minimum absolute atomic E-state index is 0.0331. The summed E-state index contributed by atoms with van der Waals surface area (Å²) < 4.78 is 16.2.